The second kappa shape index (κ2) is 6.98. The summed E-state index contributed by atoms with van der Waals surface area (Å²) in [5, 5.41) is 9.23. The molecule has 0 saturated carbocycles. The molecule has 0 spiro atoms. The number of hydrogen-bond acceptors (Lipinski definition) is 4. The fraction of sp³-hybridized carbons (Fsp3) is 0.0625. The van der Waals surface area contributed by atoms with E-state index >= 15 is 0 Å². The number of benzene rings is 2. The van der Waals surface area contributed by atoms with Crippen molar-refractivity contribution in [1.29, 1.82) is 0 Å². The third-order valence-corrected chi connectivity index (χ3v) is 4.31. The molecule has 3 rings (SSSR count). The van der Waals surface area contributed by atoms with Gasteiger partial charge in [-0.15, -0.1) is 0 Å². The fourth-order valence-corrected chi connectivity index (χ4v) is 2.83. The van der Waals surface area contributed by atoms with Crippen LogP contribution >= 0.6 is 0 Å². The SMILES string of the molecule is Cc1onc(-c2ccccc2)c1-c1ccc(S(N)(=O)=O)cc1.[NaH]. The zero-order valence-electron chi connectivity index (χ0n) is 11.9. The quantitative estimate of drug-likeness (QED) is 0.743. The van der Waals surface area contributed by atoms with Gasteiger partial charge in [-0.1, -0.05) is 47.6 Å². The van der Waals surface area contributed by atoms with Crippen LogP contribution in [0, 0.1) is 6.92 Å². The zero-order chi connectivity index (χ0) is 15.7. The van der Waals surface area contributed by atoms with Gasteiger partial charge in [-0.25, -0.2) is 13.6 Å². The number of nitrogens with zero attached hydrogens (tertiary/aromatic N) is 1. The molecule has 3 aromatic rings. The van der Waals surface area contributed by atoms with Crippen LogP contribution in [0.2, 0.25) is 0 Å². The molecule has 0 atom stereocenters. The minimum atomic E-state index is -3.70. The Labute approximate surface area is 156 Å². The van der Waals surface area contributed by atoms with Gasteiger partial charge in [0.2, 0.25) is 10.0 Å². The van der Waals surface area contributed by atoms with Gasteiger partial charge < -0.3 is 4.52 Å². The molecule has 0 bridgehead atoms. The van der Waals surface area contributed by atoms with E-state index < -0.39 is 10.0 Å². The van der Waals surface area contributed by atoms with E-state index in [9.17, 15) is 8.42 Å². The Bertz CT molecular complexity index is 904. The first-order valence-electron chi connectivity index (χ1n) is 6.62. The molecule has 2 N–H and O–H groups in total. The monoisotopic (exact) mass is 338 g/mol. The van der Waals surface area contributed by atoms with Gasteiger partial charge in [0.1, 0.15) is 11.5 Å². The molecule has 5 nitrogen and oxygen atoms in total. The summed E-state index contributed by atoms with van der Waals surface area (Å²) in [6.07, 6.45) is 0. The van der Waals surface area contributed by atoms with Crippen molar-refractivity contribution in [2.75, 3.05) is 0 Å². The van der Waals surface area contributed by atoms with Crippen LogP contribution in [0.25, 0.3) is 22.4 Å². The Morgan fingerprint density at radius 3 is 2.13 bits per heavy atom. The second-order valence-electron chi connectivity index (χ2n) is 4.90. The van der Waals surface area contributed by atoms with Crippen molar-refractivity contribution in [2.24, 2.45) is 5.14 Å². The Morgan fingerprint density at radius 2 is 1.57 bits per heavy atom. The van der Waals surface area contributed by atoms with Crippen molar-refractivity contribution in [3.05, 3.63) is 60.4 Å². The molecule has 114 valence electrons. The standard InChI is InChI=1S/C16H14N2O3S.Na.H/c1-11-15(12-7-9-14(10-8-12)22(17,19)20)16(18-21-11)13-5-3-2-4-6-13;;/h2-10H,1H3,(H2,17,19,20);;. The van der Waals surface area contributed by atoms with Gasteiger partial charge in [-0.05, 0) is 24.6 Å². The molecule has 0 fully saturated rings. The molecule has 0 unspecified atom stereocenters. The van der Waals surface area contributed by atoms with Crippen molar-refractivity contribution in [1.82, 2.24) is 5.16 Å². The molecule has 0 radical (unpaired) electrons. The molecule has 0 amide bonds. The van der Waals surface area contributed by atoms with Crippen molar-refractivity contribution >= 4 is 39.6 Å². The Balaban J connectivity index is 0.00000192. The van der Waals surface area contributed by atoms with Crippen molar-refractivity contribution in [2.45, 2.75) is 11.8 Å². The molecule has 23 heavy (non-hydrogen) atoms. The van der Waals surface area contributed by atoms with E-state index in [0.29, 0.717) is 5.76 Å². The van der Waals surface area contributed by atoms with Gasteiger partial charge >= 0.3 is 29.6 Å². The third kappa shape index (κ3) is 3.73. The summed E-state index contributed by atoms with van der Waals surface area (Å²) in [5.74, 6) is 0.669. The van der Waals surface area contributed by atoms with Crippen molar-refractivity contribution in [3.63, 3.8) is 0 Å². The van der Waals surface area contributed by atoms with Crippen LogP contribution in [0.3, 0.4) is 0 Å². The Kier molecular flexibility index (Phi) is 5.44. The van der Waals surface area contributed by atoms with Crippen LogP contribution in [0.5, 0.6) is 0 Å². The molecule has 0 aliphatic heterocycles. The average Bonchev–Trinajstić information content (AvgIpc) is 2.89. The van der Waals surface area contributed by atoms with E-state index in [0.717, 1.165) is 22.4 Å². The summed E-state index contributed by atoms with van der Waals surface area (Å²) >= 11 is 0. The Hall–Kier alpha value is -1.44. The molecule has 7 heteroatoms. The summed E-state index contributed by atoms with van der Waals surface area (Å²) in [5.41, 5.74) is 3.32. The minimum absolute atomic E-state index is 0. The summed E-state index contributed by atoms with van der Waals surface area (Å²) in [6, 6.07) is 16.0. The number of sulfonamides is 1. The van der Waals surface area contributed by atoms with Gasteiger partial charge in [0.05, 0.1) is 10.5 Å². The molecule has 1 aromatic heterocycles. The maximum atomic E-state index is 11.3. The first-order chi connectivity index (χ1) is 10.5. The van der Waals surface area contributed by atoms with E-state index in [2.05, 4.69) is 5.16 Å². The summed E-state index contributed by atoms with van der Waals surface area (Å²) < 4.78 is 28.0. The van der Waals surface area contributed by atoms with Gasteiger partial charge in [0.15, 0.2) is 0 Å². The first kappa shape index (κ1) is 17.9. The second-order valence-corrected chi connectivity index (χ2v) is 6.46. The van der Waals surface area contributed by atoms with E-state index in [-0.39, 0.29) is 34.5 Å². The molecular formula is C16H15N2NaO3S. The summed E-state index contributed by atoms with van der Waals surface area (Å²) in [4.78, 5) is 0.0756. The zero-order valence-corrected chi connectivity index (χ0v) is 12.7. The summed E-state index contributed by atoms with van der Waals surface area (Å²) in [6.45, 7) is 1.82. The summed E-state index contributed by atoms with van der Waals surface area (Å²) in [7, 11) is -3.70. The van der Waals surface area contributed by atoms with Gasteiger partial charge in [0.25, 0.3) is 0 Å². The van der Waals surface area contributed by atoms with Crippen LogP contribution in [0.1, 0.15) is 5.76 Å². The van der Waals surface area contributed by atoms with Gasteiger partial charge in [-0.3, -0.25) is 0 Å². The molecule has 0 aliphatic carbocycles. The number of primary sulfonamides is 1. The topological polar surface area (TPSA) is 86.2 Å². The number of hydrogen-bond donors (Lipinski definition) is 1. The number of aromatic nitrogens is 1. The first-order valence-corrected chi connectivity index (χ1v) is 8.16. The fourth-order valence-electron chi connectivity index (χ4n) is 2.32. The van der Waals surface area contributed by atoms with E-state index in [1.54, 1.807) is 12.1 Å². The molecule has 1 heterocycles. The van der Waals surface area contributed by atoms with Crippen LogP contribution in [0.4, 0.5) is 0 Å². The average molecular weight is 338 g/mol. The number of rotatable bonds is 3. The molecule has 0 aliphatic rings. The van der Waals surface area contributed by atoms with Gasteiger partial charge in [-0.2, -0.15) is 0 Å². The van der Waals surface area contributed by atoms with E-state index in [1.165, 1.54) is 12.1 Å². The van der Waals surface area contributed by atoms with Crippen LogP contribution < -0.4 is 5.14 Å². The van der Waals surface area contributed by atoms with Crippen molar-refractivity contribution < 1.29 is 12.9 Å². The molecule has 0 saturated heterocycles. The van der Waals surface area contributed by atoms with E-state index in [4.69, 9.17) is 9.66 Å². The third-order valence-electron chi connectivity index (χ3n) is 3.38. The van der Waals surface area contributed by atoms with Gasteiger partial charge in [0, 0.05) is 5.56 Å². The predicted octanol–water partition coefficient (Wildman–Crippen LogP) is 2.32. The molecular weight excluding hydrogens is 323 g/mol. The van der Waals surface area contributed by atoms with E-state index in [1.807, 2.05) is 37.3 Å². The predicted molar refractivity (Wildman–Crippen MR) is 90.6 cm³/mol. The number of nitrogens with two attached hydrogens (primary N) is 1. The van der Waals surface area contributed by atoms with Crippen molar-refractivity contribution in [3.8, 4) is 22.4 Å². The maximum absolute atomic E-state index is 11.3. The van der Waals surface area contributed by atoms with Crippen LogP contribution in [0.15, 0.2) is 64.0 Å². The number of aryl methyl sites for hydroxylation is 1. The normalized spacial score (nSPS) is 11.0. The van der Waals surface area contributed by atoms with Crippen LogP contribution in [-0.4, -0.2) is 43.1 Å². The van der Waals surface area contributed by atoms with Crippen LogP contribution in [-0.2, 0) is 10.0 Å². The Morgan fingerprint density at radius 1 is 0.957 bits per heavy atom. The molecule has 2 aromatic carbocycles.